The fraction of sp³-hybridized carbons (Fsp3) is 0.400. The van der Waals surface area contributed by atoms with Gasteiger partial charge in [0.05, 0.1) is 30.4 Å². The Hall–Kier alpha value is -1.80. The summed E-state index contributed by atoms with van der Waals surface area (Å²) >= 11 is 0. The fourth-order valence-electron chi connectivity index (χ4n) is 1.31. The molecule has 1 rings (SSSR count). The number of halogens is 6. The normalized spacial score (nSPS) is 11.8. The number of ether oxygens (including phenoxy) is 1. The monoisotopic (exact) mass is 287 g/mol. The van der Waals surface area contributed by atoms with Crippen LogP contribution in [0.4, 0.5) is 26.3 Å². The Morgan fingerprint density at radius 3 is 2.42 bits per heavy atom. The Morgan fingerprint density at radius 2 is 2.00 bits per heavy atom. The van der Waals surface area contributed by atoms with Gasteiger partial charge in [0.1, 0.15) is 0 Å². The van der Waals surface area contributed by atoms with Gasteiger partial charge in [0, 0.05) is 6.20 Å². The number of nitrogens with zero attached hydrogens (tertiary/aromatic N) is 1. The van der Waals surface area contributed by atoms with Crippen molar-refractivity contribution in [2.45, 2.75) is 19.0 Å². The Kier molecular flexibility index (Phi) is 4.38. The smallest absolute Gasteiger partial charge is 0.418 e. The zero-order chi connectivity index (χ0) is 14.8. The summed E-state index contributed by atoms with van der Waals surface area (Å²) in [7, 11) is 0.957. The van der Waals surface area contributed by atoms with Crippen LogP contribution in [-0.4, -0.2) is 18.1 Å². The Bertz CT molecular complexity index is 486. The van der Waals surface area contributed by atoms with Crippen LogP contribution < -0.4 is 0 Å². The predicted octanol–water partition coefficient (Wildman–Crippen LogP) is 2.89. The topological polar surface area (TPSA) is 39.2 Å². The van der Waals surface area contributed by atoms with Crippen molar-refractivity contribution in [3.05, 3.63) is 28.8 Å². The fourth-order valence-corrected chi connectivity index (χ4v) is 1.31. The third kappa shape index (κ3) is 3.36. The Morgan fingerprint density at radius 1 is 1.42 bits per heavy atom. The van der Waals surface area contributed by atoms with E-state index >= 15 is 0 Å². The lowest BCUT2D eigenvalue weighted by Gasteiger charge is -2.14. The van der Waals surface area contributed by atoms with E-state index in [0.717, 1.165) is 7.11 Å². The van der Waals surface area contributed by atoms with E-state index in [1.807, 2.05) is 0 Å². The first kappa shape index (κ1) is 15.3. The van der Waals surface area contributed by atoms with Crippen LogP contribution in [0.5, 0.6) is 0 Å². The van der Waals surface area contributed by atoms with E-state index in [2.05, 4.69) is 9.72 Å². The van der Waals surface area contributed by atoms with E-state index in [1.165, 1.54) is 0 Å². The molecule has 0 saturated heterocycles. The molecule has 0 atom stereocenters. The van der Waals surface area contributed by atoms with Gasteiger partial charge in [-0.25, -0.2) is 13.2 Å². The molecule has 3 nitrogen and oxygen atoms in total. The number of rotatable bonds is 3. The highest BCUT2D eigenvalue weighted by atomic mass is 19.4. The molecule has 1 aromatic heterocycles. The number of alkyl halides is 5. The van der Waals surface area contributed by atoms with Crippen molar-refractivity contribution in [1.29, 1.82) is 0 Å². The molecule has 0 bridgehead atoms. The lowest BCUT2D eigenvalue weighted by atomic mass is 10.1. The van der Waals surface area contributed by atoms with E-state index in [1.54, 1.807) is 0 Å². The number of carbonyl (C=O) groups excluding carboxylic acids is 1. The summed E-state index contributed by atoms with van der Waals surface area (Å²) in [6.45, 7) is 0. The summed E-state index contributed by atoms with van der Waals surface area (Å²) in [5.74, 6) is -2.86. The molecule has 1 heterocycles. The zero-order valence-electron chi connectivity index (χ0n) is 9.39. The van der Waals surface area contributed by atoms with Crippen molar-refractivity contribution >= 4 is 5.97 Å². The van der Waals surface area contributed by atoms with Crippen LogP contribution >= 0.6 is 0 Å². The van der Waals surface area contributed by atoms with Crippen LogP contribution in [0.3, 0.4) is 0 Å². The van der Waals surface area contributed by atoms with Gasteiger partial charge in [-0.1, -0.05) is 0 Å². The summed E-state index contributed by atoms with van der Waals surface area (Å²) in [6.07, 6.45) is -9.61. The van der Waals surface area contributed by atoms with Gasteiger partial charge >= 0.3 is 12.1 Å². The molecule has 1 aromatic rings. The van der Waals surface area contributed by atoms with Crippen LogP contribution in [0.1, 0.15) is 23.2 Å². The second-order valence-electron chi connectivity index (χ2n) is 3.40. The largest absolute Gasteiger partial charge is 0.469 e. The van der Waals surface area contributed by atoms with Crippen molar-refractivity contribution in [3.63, 3.8) is 0 Å². The third-order valence-corrected chi connectivity index (χ3v) is 2.19. The van der Waals surface area contributed by atoms with Crippen molar-refractivity contribution < 1.29 is 35.9 Å². The molecule has 0 aliphatic heterocycles. The van der Waals surface area contributed by atoms with Gasteiger partial charge in [0.25, 0.3) is 6.43 Å². The van der Waals surface area contributed by atoms with Gasteiger partial charge < -0.3 is 4.74 Å². The molecule has 0 spiro atoms. The molecular weight excluding hydrogens is 280 g/mol. The first-order chi connectivity index (χ1) is 8.68. The number of pyridine rings is 1. The maximum Gasteiger partial charge on any atom is 0.418 e. The molecule has 0 amide bonds. The average Bonchev–Trinajstić information content (AvgIpc) is 2.29. The van der Waals surface area contributed by atoms with Gasteiger partial charge in [0.15, 0.2) is 5.82 Å². The second kappa shape index (κ2) is 5.45. The molecule has 0 saturated carbocycles. The number of carbonyl (C=O) groups is 1. The van der Waals surface area contributed by atoms with Gasteiger partial charge in [-0.3, -0.25) is 9.78 Å². The number of esters is 1. The minimum Gasteiger partial charge on any atom is -0.469 e. The van der Waals surface area contributed by atoms with Crippen LogP contribution in [0.25, 0.3) is 0 Å². The number of aromatic nitrogens is 1. The van der Waals surface area contributed by atoms with E-state index in [9.17, 15) is 31.1 Å². The van der Waals surface area contributed by atoms with E-state index in [-0.39, 0.29) is 6.20 Å². The molecule has 0 unspecified atom stereocenters. The molecule has 0 aliphatic carbocycles. The highest BCUT2D eigenvalue weighted by molar-refractivity contribution is 5.72. The summed E-state index contributed by atoms with van der Waals surface area (Å²) in [6, 6.07) is 0. The van der Waals surface area contributed by atoms with Gasteiger partial charge in [-0.05, 0) is 0 Å². The van der Waals surface area contributed by atoms with Gasteiger partial charge in [-0.15, -0.1) is 0 Å². The molecule has 0 radical (unpaired) electrons. The van der Waals surface area contributed by atoms with Crippen molar-refractivity contribution in [2.75, 3.05) is 7.11 Å². The SMILES string of the molecule is COC(=O)Cc1ncc(C(F)(F)F)c(C(F)F)c1F. The van der Waals surface area contributed by atoms with Crippen LogP contribution in [-0.2, 0) is 22.1 Å². The predicted molar refractivity (Wildman–Crippen MR) is 49.9 cm³/mol. The zero-order valence-corrected chi connectivity index (χ0v) is 9.39. The molecule has 0 aliphatic rings. The van der Waals surface area contributed by atoms with E-state index in [0.29, 0.717) is 0 Å². The standard InChI is InChI=1S/C10H7F6NO2/c1-19-6(18)2-5-8(11)7(9(12)13)4(3-17-5)10(14,15)16/h3,9H,2H2,1H3. The molecular formula is C10H7F6NO2. The van der Waals surface area contributed by atoms with Crippen molar-refractivity contribution in [1.82, 2.24) is 4.98 Å². The third-order valence-electron chi connectivity index (χ3n) is 2.19. The lowest BCUT2D eigenvalue weighted by Crippen LogP contribution is -2.16. The van der Waals surface area contributed by atoms with Gasteiger partial charge in [-0.2, -0.15) is 13.2 Å². The molecule has 19 heavy (non-hydrogen) atoms. The molecule has 106 valence electrons. The summed E-state index contributed by atoms with van der Waals surface area (Å²) in [5.41, 5.74) is -4.51. The van der Waals surface area contributed by atoms with E-state index in [4.69, 9.17) is 0 Å². The maximum atomic E-state index is 13.6. The first-order valence-electron chi connectivity index (χ1n) is 4.78. The Labute approximate surface area is 103 Å². The average molecular weight is 287 g/mol. The summed E-state index contributed by atoms with van der Waals surface area (Å²) in [4.78, 5) is 13.9. The van der Waals surface area contributed by atoms with Crippen molar-refractivity contribution in [2.24, 2.45) is 0 Å². The number of methoxy groups -OCH3 is 1. The highest BCUT2D eigenvalue weighted by Gasteiger charge is 2.39. The summed E-state index contributed by atoms with van der Waals surface area (Å²) < 4.78 is 80.0. The molecule has 9 heteroatoms. The minimum absolute atomic E-state index is 0.0723. The minimum atomic E-state index is -5.16. The van der Waals surface area contributed by atoms with Crippen LogP contribution in [0.2, 0.25) is 0 Å². The van der Waals surface area contributed by atoms with E-state index < -0.39 is 47.6 Å². The van der Waals surface area contributed by atoms with Crippen LogP contribution in [0.15, 0.2) is 6.20 Å². The van der Waals surface area contributed by atoms with Gasteiger partial charge in [0.2, 0.25) is 0 Å². The molecule has 0 aromatic carbocycles. The second-order valence-corrected chi connectivity index (χ2v) is 3.40. The maximum absolute atomic E-state index is 13.6. The summed E-state index contributed by atoms with van der Waals surface area (Å²) in [5, 5.41) is 0. The first-order valence-corrected chi connectivity index (χ1v) is 4.78. The Balaban J connectivity index is 3.35. The lowest BCUT2D eigenvalue weighted by molar-refractivity contribution is -0.140. The highest BCUT2D eigenvalue weighted by Crippen LogP contribution is 2.37. The molecule has 0 N–H and O–H groups in total. The molecule has 0 fully saturated rings. The number of hydrogen-bond donors (Lipinski definition) is 0. The quantitative estimate of drug-likeness (QED) is 0.634. The van der Waals surface area contributed by atoms with Crippen molar-refractivity contribution in [3.8, 4) is 0 Å². The van der Waals surface area contributed by atoms with Crippen LogP contribution in [0, 0.1) is 5.82 Å². The number of hydrogen-bond acceptors (Lipinski definition) is 3.